The van der Waals surface area contributed by atoms with Crippen molar-refractivity contribution in [2.45, 2.75) is 25.8 Å². The molecule has 0 bridgehead atoms. The molecule has 274 valence electrons. The van der Waals surface area contributed by atoms with Crippen molar-refractivity contribution in [2.24, 2.45) is 32.2 Å². The topological polar surface area (TPSA) is 62.9 Å². The van der Waals surface area contributed by atoms with Crippen LogP contribution in [0, 0.1) is 23.1 Å². The molecule has 2 aliphatic heterocycles. The van der Waals surface area contributed by atoms with Crippen LogP contribution in [-0.4, -0.2) is 27.2 Å². The zero-order valence-corrected chi connectivity index (χ0v) is 31.1. The van der Waals surface area contributed by atoms with Gasteiger partial charge in [-0.25, -0.2) is 18.8 Å². The third-order valence-electron chi connectivity index (χ3n) is 12.0. The van der Waals surface area contributed by atoms with Crippen molar-refractivity contribution in [1.29, 1.82) is 0 Å². The van der Waals surface area contributed by atoms with E-state index in [4.69, 9.17) is 15.0 Å². The van der Waals surface area contributed by atoms with Gasteiger partial charge < -0.3 is 0 Å². The molecule has 4 heterocycles. The normalized spacial score (nSPS) is 23.4. The van der Waals surface area contributed by atoms with E-state index < -0.39 is 11.7 Å². The second-order valence-corrected chi connectivity index (χ2v) is 15.6. The molecule has 3 aliphatic carbocycles. The van der Waals surface area contributed by atoms with Crippen LogP contribution in [0.1, 0.15) is 48.2 Å². The Labute approximate surface area is 328 Å². The van der Waals surface area contributed by atoms with Crippen LogP contribution in [0.2, 0.25) is 0 Å². The molecule has 57 heavy (non-hydrogen) atoms. The Morgan fingerprint density at radius 3 is 2.39 bits per heavy atom. The molecule has 11 rings (SSSR count). The molecule has 3 unspecified atom stereocenters. The fraction of sp³-hybridized carbons (Fsp3) is 0.140. The van der Waals surface area contributed by atoms with Gasteiger partial charge in [-0.2, -0.15) is 0 Å². The van der Waals surface area contributed by atoms with E-state index in [0.717, 1.165) is 78.6 Å². The molecule has 4 atom stereocenters. The van der Waals surface area contributed by atoms with Gasteiger partial charge in [-0.1, -0.05) is 104 Å². The van der Waals surface area contributed by atoms with Gasteiger partial charge in [0.2, 0.25) is 0 Å². The molecule has 1 fully saturated rings. The summed E-state index contributed by atoms with van der Waals surface area (Å²) in [6.45, 7) is 2.15. The van der Waals surface area contributed by atoms with Crippen LogP contribution in [0.25, 0.3) is 38.9 Å². The number of nitrogens with zero attached hydrogens (tertiary/aromatic N) is 5. The van der Waals surface area contributed by atoms with Gasteiger partial charge in [0, 0.05) is 34.5 Å². The van der Waals surface area contributed by atoms with Gasteiger partial charge in [-0.05, 0) is 94.1 Å². The fourth-order valence-corrected chi connectivity index (χ4v) is 8.82. The van der Waals surface area contributed by atoms with Crippen LogP contribution < -0.4 is 0 Å². The molecule has 5 aliphatic rings. The summed E-state index contributed by atoms with van der Waals surface area (Å²) in [6, 6.07) is 33.2. The summed E-state index contributed by atoms with van der Waals surface area (Å²) in [5.41, 5.74) is 9.40. The predicted molar refractivity (Wildman–Crippen MR) is 225 cm³/mol. The number of fused-ring (bicyclic) bond motifs is 7. The SMILES string of the molecule is CC12C=CC(C3=CCC(C4=C5C[C@@H]5C(c5ccccc5)=NC(c5ccc(-c6ccc7ccc8cccnc8c7c6)cc5F)=N4)C(F)=C3)=NC1c1ncccc1C=C2. The van der Waals surface area contributed by atoms with Crippen LogP contribution in [0.3, 0.4) is 0 Å². The highest BCUT2D eigenvalue weighted by molar-refractivity contribution is 6.17. The van der Waals surface area contributed by atoms with Crippen molar-refractivity contribution in [1.82, 2.24) is 9.97 Å². The molecule has 0 amide bonds. The molecule has 0 saturated heterocycles. The lowest BCUT2D eigenvalue weighted by atomic mass is 9.73. The summed E-state index contributed by atoms with van der Waals surface area (Å²) in [7, 11) is 0. The lowest BCUT2D eigenvalue weighted by Gasteiger charge is -2.36. The summed E-state index contributed by atoms with van der Waals surface area (Å²) >= 11 is 0. The number of amidine groups is 1. The molecular formula is C50H35F2N5. The van der Waals surface area contributed by atoms with Crippen LogP contribution in [-0.2, 0) is 0 Å². The fourth-order valence-electron chi connectivity index (χ4n) is 8.82. The molecule has 7 heteroatoms. The van der Waals surface area contributed by atoms with E-state index in [1.54, 1.807) is 30.6 Å². The summed E-state index contributed by atoms with van der Waals surface area (Å²) in [5.74, 6) is -1.11. The highest BCUT2D eigenvalue weighted by Crippen LogP contribution is 2.50. The highest BCUT2D eigenvalue weighted by Gasteiger charge is 2.43. The molecule has 6 aromatic rings. The molecule has 4 aromatic carbocycles. The third kappa shape index (κ3) is 5.68. The standard InChI is InChI=1S/C50H35F2N5/c1-50-21-19-32-10-6-24-54-46(32)48(50)55-43(20-22-50)35-16-17-36(41(51)27-35)47-40-28-39(40)45(30-7-3-2-4-8-30)56-49(57-47)37-18-15-34(26-42(37)52)33-14-12-29-11-13-31-9-5-23-53-44(31)38(29)25-33/h2-16,18-27,36,39,48H,17,28H2,1H3/t36?,39-,48?,50?/m0/s1. The molecule has 5 nitrogen and oxygen atoms in total. The highest BCUT2D eigenvalue weighted by atomic mass is 19.1. The minimum Gasteiger partial charge on any atom is -0.274 e. The smallest absolute Gasteiger partial charge is 0.162 e. The number of halogens is 2. The Kier molecular flexibility index (Phi) is 7.61. The minimum atomic E-state index is -0.615. The van der Waals surface area contributed by atoms with Crippen LogP contribution >= 0.6 is 0 Å². The number of dihydropyridines is 1. The first-order chi connectivity index (χ1) is 27.9. The van der Waals surface area contributed by atoms with E-state index in [0.29, 0.717) is 12.1 Å². The third-order valence-corrected chi connectivity index (χ3v) is 12.0. The summed E-state index contributed by atoms with van der Waals surface area (Å²) in [4.78, 5) is 24.6. The Hall–Kier alpha value is -6.73. The van der Waals surface area contributed by atoms with Crippen LogP contribution in [0.5, 0.6) is 0 Å². The monoisotopic (exact) mass is 743 g/mol. The van der Waals surface area contributed by atoms with E-state index in [-0.39, 0.29) is 34.6 Å². The summed E-state index contributed by atoms with van der Waals surface area (Å²) in [5, 5.41) is 3.13. The van der Waals surface area contributed by atoms with E-state index in [1.807, 2.05) is 72.8 Å². The van der Waals surface area contributed by atoms with Crippen molar-refractivity contribution in [2.75, 3.05) is 0 Å². The van der Waals surface area contributed by atoms with E-state index >= 15 is 8.78 Å². The average Bonchev–Trinajstić information content (AvgIpc) is 4.06. The number of aliphatic imine (C=N–C) groups is 3. The largest absolute Gasteiger partial charge is 0.274 e. The molecule has 0 spiro atoms. The predicted octanol–water partition coefficient (Wildman–Crippen LogP) is 11.7. The van der Waals surface area contributed by atoms with Gasteiger partial charge in [0.25, 0.3) is 0 Å². The summed E-state index contributed by atoms with van der Waals surface area (Å²) in [6.07, 6.45) is 16.8. The molecule has 2 aromatic heterocycles. The quantitative estimate of drug-likeness (QED) is 0.165. The maximum Gasteiger partial charge on any atom is 0.162 e. The van der Waals surface area contributed by atoms with Crippen LogP contribution in [0.4, 0.5) is 8.78 Å². The average molecular weight is 744 g/mol. The molecule has 0 N–H and O–H groups in total. The van der Waals surface area contributed by atoms with Crippen molar-refractivity contribution >= 4 is 45.0 Å². The Morgan fingerprint density at radius 1 is 0.719 bits per heavy atom. The number of pyridine rings is 2. The van der Waals surface area contributed by atoms with Gasteiger partial charge in [-0.15, -0.1) is 0 Å². The first-order valence-corrected chi connectivity index (χ1v) is 19.4. The number of allylic oxidation sites excluding steroid dienone is 6. The van der Waals surface area contributed by atoms with E-state index in [1.165, 1.54) is 0 Å². The lowest BCUT2D eigenvalue weighted by Crippen LogP contribution is -2.28. The van der Waals surface area contributed by atoms with Crippen molar-refractivity contribution < 1.29 is 8.78 Å². The number of hydrogen-bond acceptors (Lipinski definition) is 5. The van der Waals surface area contributed by atoms with E-state index in [9.17, 15) is 0 Å². The maximum atomic E-state index is 16.6. The second-order valence-electron chi connectivity index (χ2n) is 15.6. The zero-order valence-electron chi connectivity index (χ0n) is 31.1. The number of benzene rings is 4. The van der Waals surface area contributed by atoms with Gasteiger partial charge in [0.15, 0.2) is 5.84 Å². The zero-order chi connectivity index (χ0) is 38.3. The van der Waals surface area contributed by atoms with Gasteiger partial charge in [0.05, 0.1) is 39.8 Å². The molecular weight excluding hydrogens is 709 g/mol. The van der Waals surface area contributed by atoms with Gasteiger partial charge in [0.1, 0.15) is 17.7 Å². The van der Waals surface area contributed by atoms with Crippen molar-refractivity contribution in [3.63, 3.8) is 0 Å². The Morgan fingerprint density at radius 2 is 1.51 bits per heavy atom. The van der Waals surface area contributed by atoms with Crippen molar-refractivity contribution in [3.8, 4) is 11.1 Å². The van der Waals surface area contributed by atoms with Gasteiger partial charge in [-0.3, -0.25) is 15.0 Å². The Bertz CT molecular complexity index is 2970. The van der Waals surface area contributed by atoms with Crippen LogP contribution in [0.15, 0.2) is 184 Å². The maximum absolute atomic E-state index is 16.6. The molecule has 0 radical (unpaired) electrons. The van der Waals surface area contributed by atoms with Gasteiger partial charge >= 0.3 is 0 Å². The Balaban J connectivity index is 0.948. The van der Waals surface area contributed by atoms with Crippen molar-refractivity contribution in [3.05, 3.63) is 197 Å². The minimum absolute atomic E-state index is 0.0135. The van der Waals surface area contributed by atoms with E-state index in [2.05, 4.69) is 65.5 Å². The second kappa shape index (κ2) is 12.9. The number of hydrogen-bond donors (Lipinski definition) is 0. The first kappa shape index (κ1) is 33.6. The summed E-state index contributed by atoms with van der Waals surface area (Å²) < 4.78 is 33.1. The lowest BCUT2D eigenvalue weighted by molar-refractivity contribution is 0.421. The number of rotatable bonds is 5. The number of aromatic nitrogens is 2. The first-order valence-electron chi connectivity index (χ1n) is 19.4. The molecule has 1 saturated carbocycles.